The molecule has 200 valence electrons. The summed E-state index contributed by atoms with van der Waals surface area (Å²) >= 11 is 0. The largest absolute Gasteiger partial charge is 0.497 e. The lowest BCUT2D eigenvalue weighted by Crippen LogP contribution is -2.45. The number of nitrogens with one attached hydrogen (secondary N) is 2. The highest BCUT2D eigenvalue weighted by Gasteiger charge is 2.42. The average molecular weight is 522 g/mol. The Bertz CT molecular complexity index is 1450. The van der Waals surface area contributed by atoms with E-state index in [1.54, 1.807) is 7.11 Å². The lowest BCUT2D eigenvalue weighted by molar-refractivity contribution is -0.121. The van der Waals surface area contributed by atoms with Crippen LogP contribution >= 0.6 is 0 Å². The van der Waals surface area contributed by atoms with E-state index in [0.717, 1.165) is 53.2 Å². The minimum Gasteiger partial charge on any atom is -0.497 e. The standard InChI is InChI=1S/C33H35N3O3/c1-33(2)18-27-31(29(37)19-33)32(23-11-8-12-25(17-23)39-3)36(28-14-7-6-13-26(28)35-27)20-30(38)34-24-15-21-9-4-5-10-22(21)16-24/h4-14,17,24,32,35H,15-16,18-20H2,1-3H3,(H,34,38). The summed E-state index contributed by atoms with van der Waals surface area (Å²) in [4.78, 5) is 29.6. The molecule has 6 heteroatoms. The summed E-state index contributed by atoms with van der Waals surface area (Å²) in [6.07, 6.45) is 2.89. The van der Waals surface area contributed by atoms with Crippen LogP contribution in [0.25, 0.3) is 0 Å². The molecule has 39 heavy (non-hydrogen) atoms. The van der Waals surface area contributed by atoms with E-state index in [-0.39, 0.29) is 29.7 Å². The van der Waals surface area contributed by atoms with Crippen LogP contribution in [-0.4, -0.2) is 31.4 Å². The van der Waals surface area contributed by atoms with Crippen molar-refractivity contribution in [2.45, 2.75) is 51.6 Å². The molecule has 1 aliphatic heterocycles. The molecule has 3 aliphatic rings. The fourth-order valence-electron chi connectivity index (χ4n) is 6.47. The number of allylic oxidation sites excluding steroid dienone is 1. The van der Waals surface area contributed by atoms with Crippen LogP contribution in [0.1, 0.15) is 49.4 Å². The first-order valence-electron chi connectivity index (χ1n) is 13.7. The number of Topliss-reactive ketones (excluding diaryl/α,β-unsaturated/α-hetero) is 1. The van der Waals surface area contributed by atoms with Gasteiger partial charge in [0, 0.05) is 23.7 Å². The second kappa shape index (κ2) is 9.92. The molecule has 1 unspecified atom stereocenters. The highest BCUT2D eigenvalue weighted by atomic mass is 16.5. The molecular weight excluding hydrogens is 486 g/mol. The predicted octanol–water partition coefficient (Wildman–Crippen LogP) is 5.60. The predicted molar refractivity (Wildman–Crippen MR) is 154 cm³/mol. The van der Waals surface area contributed by atoms with E-state index in [4.69, 9.17) is 4.74 Å². The number of anilines is 2. The number of benzene rings is 3. The number of methoxy groups -OCH3 is 1. The molecule has 3 aromatic rings. The van der Waals surface area contributed by atoms with Crippen molar-refractivity contribution in [2.75, 3.05) is 23.9 Å². The van der Waals surface area contributed by atoms with Crippen LogP contribution < -0.4 is 20.3 Å². The van der Waals surface area contributed by atoms with Crippen molar-refractivity contribution in [3.63, 3.8) is 0 Å². The van der Waals surface area contributed by atoms with E-state index < -0.39 is 6.04 Å². The number of carbonyl (C=O) groups excluding carboxylic acids is 2. The fourth-order valence-corrected chi connectivity index (χ4v) is 6.47. The number of nitrogens with zero attached hydrogens (tertiary/aromatic N) is 1. The molecule has 0 saturated carbocycles. The Kier molecular flexibility index (Phi) is 6.42. The maximum absolute atomic E-state index is 13.9. The van der Waals surface area contributed by atoms with Crippen molar-refractivity contribution >= 4 is 23.1 Å². The van der Waals surface area contributed by atoms with Crippen LogP contribution in [-0.2, 0) is 22.4 Å². The number of hydrogen-bond donors (Lipinski definition) is 2. The monoisotopic (exact) mass is 521 g/mol. The Morgan fingerprint density at radius 2 is 1.72 bits per heavy atom. The molecule has 6 nitrogen and oxygen atoms in total. The van der Waals surface area contributed by atoms with Gasteiger partial charge in [-0.3, -0.25) is 9.59 Å². The number of para-hydroxylation sites is 2. The Hall–Kier alpha value is -4.06. The van der Waals surface area contributed by atoms with E-state index in [9.17, 15) is 9.59 Å². The van der Waals surface area contributed by atoms with Crippen LogP contribution in [0.5, 0.6) is 5.75 Å². The second-order valence-electron chi connectivity index (χ2n) is 11.7. The first-order chi connectivity index (χ1) is 18.8. The number of fused-ring (bicyclic) bond motifs is 2. The van der Waals surface area contributed by atoms with E-state index in [0.29, 0.717) is 6.42 Å². The average Bonchev–Trinajstić information content (AvgIpc) is 3.26. The number of carbonyl (C=O) groups is 2. The lowest BCUT2D eigenvalue weighted by atomic mass is 9.73. The molecule has 0 radical (unpaired) electrons. The van der Waals surface area contributed by atoms with Gasteiger partial charge in [-0.1, -0.05) is 62.4 Å². The second-order valence-corrected chi connectivity index (χ2v) is 11.7. The van der Waals surface area contributed by atoms with Gasteiger partial charge in [-0.05, 0) is 65.6 Å². The van der Waals surface area contributed by atoms with Crippen molar-refractivity contribution in [1.82, 2.24) is 5.32 Å². The molecule has 0 saturated heterocycles. The number of amides is 1. The summed E-state index contributed by atoms with van der Waals surface area (Å²) in [5.74, 6) is 0.783. The van der Waals surface area contributed by atoms with Gasteiger partial charge < -0.3 is 20.3 Å². The fraction of sp³-hybridized carbons (Fsp3) is 0.333. The molecule has 1 amide bonds. The van der Waals surface area contributed by atoms with Gasteiger partial charge in [0.25, 0.3) is 0 Å². The van der Waals surface area contributed by atoms with E-state index in [1.165, 1.54) is 11.1 Å². The molecule has 1 atom stereocenters. The van der Waals surface area contributed by atoms with Crippen LogP contribution in [0.3, 0.4) is 0 Å². The van der Waals surface area contributed by atoms with Crippen LogP contribution in [0, 0.1) is 5.41 Å². The quantitative estimate of drug-likeness (QED) is 0.458. The van der Waals surface area contributed by atoms with Gasteiger partial charge in [0.2, 0.25) is 5.91 Å². The Morgan fingerprint density at radius 3 is 2.46 bits per heavy atom. The highest BCUT2D eigenvalue weighted by molar-refractivity contribution is 6.02. The van der Waals surface area contributed by atoms with Crippen LogP contribution in [0.2, 0.25) is 0 Å². The van der Waals surface area contributed by atoms with Crippen molar-refractivity contribution in [2.24, 2.45) is 5.41 Å². The number of ether oxygens (including phenoxy) is 1. The third-order valence-electron chi connectivity index (χ3n) is 8.14. The van der Waals surface area contributed by atoms with Gasteiger partial charge in [-0.2, -0.15) is 0 Å². The zero-order valence-corrected chi connectivity index (χ0v) is 22.8. The van der Waals surface area contributed by atoms with Gasteiger partial charge >= 0.3 is 0 Å². The Labute approximate surface area is 230 Å². The van der Waals surface area contributed by atoms with Gasteiger partial charge in [-0.15, -0.1) is 0 Å². The molecular formula is C33H35N3O3. The third-order valence-corrected chi connectivity index (χ3v) is 8.14. The Balaban J connectivity index is 1.41. The minimum atomic E-state index is -0.429. The van der Waals surface area contributed by atoms with E-state index >= 15 is 0 Å². The summed E-state index contributed by atoms with van der Waals surface area (Å²) in [5, 5.41) is 6.91. The summed E-state index contributed by atoms with van der Waals surface area (Å²) in [6, 6.07) is 23.9. The van der Waals surface area contributed by atoms with E-state index in [2.05, 4.69) is 53.6 Å². The van der Waals surface area contributed by atoms with Crippen molar-refractivity contribution < 1.29 is 14.3 Å². The Morgan fingerprint density at radius 1 is 1.00 bits per heavy atom. The smallest absolute Gasteiger partial charge is 0.239 e. The molecule has 6 rings (SSSR count). The number of hydrogen-bond acceptors (Lipinski definition) is 5. The summed E-state index contributed by atoms with van der Waals surface area (Å²) in [5.41, 5.74) is 6.84. The number of rotatable bonds is 5. The van der Waals surface area contributed by atoms with Gasteiger partial charge in [0.1, 0.15) is 5.75 Å². The zero-order chi connectivity index (χ0) is 27.1. The topological polar surface area (TPSA) is 70.7 Å². The molecule has 2 N–H and O–H groups in total. The van der Waals surface area contributed by atoms with Crippen molar-refractivity contribution in [3.05, 3.63) is 101 Å². The first kappa shape index (κ1) is 25.2. The first-order valence-corrected chi connectivity index (χ1v) is 13.7. The highest BCUT2D eigenvalue weighted by Crippen LogP contribution is 2.48. The molecule has 1 heterocycles. The minimum absolute atomic E-state index is 0.0526. The maximum atomic E-state index is 13.9. The van der Waals surface area contributed by atoms with Crippen LogP contribution in [0.4, 0.5) is 11.4 Å². The summed E-state index contributed by atoms with van der Waals surface area (Å²) in [6.45, 7) is 4.40. The molecule has 0 bridgehead atoms. The van der Waals surface area contributed by atoms with E-state index in [1.807, 2.05) is 48.5 Å². The third kappa shape index (κ3) is 4.91. The van der Waals surface area contributed by atoms with Crippen LogP contribution in [0.15, 0.2) is 84.1 Å². The molecule has 3 aromatic carbocycles. The van der Waals surface area contributed by atoms with Gasteiger partial charge in [-0.25, -0.2) is 0 Å². The summed E-state index contributed by atoms with van der Waals surface area (Å²) in [7, 11) is 1.65. The molecule has 0 aromatic heterocycles. The number of ketones is 1. The molecule has 0 spiro atoms. The molecule has 2 aliphatic carbocycles. The normalized spacial score (nSPS) is 19.9. The van der Waals surface area contributed by atoms with Gasteiger partial charge in [0.05, 0.1) is 31.1 Å². The van der Waals surface area contributed by atoms with Crippen molar-refractivity contribution in [3.8, 4) is 5.75 Å². The summed E-state index contributed by atoms with van der Waals surface area (Å²) < 4.78 is 5.56. The van der Waals surface area contributed by atoms with Crippen molar-refractivity contribution in [1.29, 1.82) is 0 Å². The van der Waals surface area contributed by atoms with Gasteiger partial charge in [0.15, 0.2) is 5.78 Å². The maximum Gasteiger partial charge on any atom is 0.239 e. The zero-order valence-electron chi connectivity index (χ0n) is 22.8. The SMILES string of the molecule is COc1cccc(C2C3=C(CC(C)(C)CC3=O)Nc3ccccc3N2CC(=O)NC2Cc3ccccc3C2)c1. The lowest BCUT2D eigenvalue weighted by Gasteiger charge is -2.38. The molecule has 0 fully saturated rings.